The number of nitrogens with zero attached hydrogens (tertiary/aromatic N) is 3. The molecule has 0 spiro atoms. The molecule has 1 N–H and O–H groups in total. The Morgan fingerprint density at radius 2 is 1.96 bits per heavy atom. The summed E-state index contributed by atoms with van der Waals surface area (Å²) < 4.78 is 6.95. The Hall–Kier alpha value is -2.89. The molecule has 0 saturated heterocycles. The number of carbonyl (C=O) groups excluding carboxylic acids is 1. The van der Waals surface area contributed by atoms with Crippen LogP contribution in [0.25, 0.3) is 0 Å². The van der Waals surface area contributed by atoms with Gasteiger partial charge < -0.3 is 9.84 Å². The molecule has 3 aromatic rings. The maximum atomic E-state index is 12.1. The molecule has 0 bridgehead atoms. The summed E-state index contributed by atoms with van der Waals surface area (Å²) in [5, 5.41) is 11.0. The number of hydrogen-bond acceptors (Lipinski definition) is 4. The van der Waals surface area contributed by atoms with E-state index in [1.54, 1.807) is 6.20 Å². The molecule has 0 aliphatic heterocycles. The Balaban J connectivity index is 1.52. The predicted molar refractivity (Wildman–Crippen MR) is 89.3 cm³/mol. The second-order valence-corrected chi connectivity index (χ2v) is 5.78. The van der Waals surface area contributed by atoms with Crippen molar-refractivity contribution in [2.75, 3.05) is 0 Å². The summed E-state index contributed by atoms with van der Waals surface area (Å²) in [6.07, 6.45) is 3.99. The van der Waals surface area contributed by atoms with Gasteiger partial charge in [-0.25, -0.2) is 0 Å². The van der Waals surface area contributed by atoms with Crippen molar-refractivity contribution < 1.29 is 9.32 Å². The van der Waals surface area contributed by atoms with Crippen molar-refractivity contribution in [2.45, 2.75) is 33.4 Å². The Labute approximate surface area is 140 Å². The second-order valence-electron chi connectivity index (χ2n) is 5.78. The zero-order valence-corrected chi connectivity index (χ0v) is 13.8. The Morgan fingerprint density at radius 1 is 1.21 bits per heavy atom. The van der Waals surface area contributed by atoms with Gasteiger partial charge in [0.05, 0.1) is 18.7 Å². The van der Waals surface area contributed by atoms with Crippen LogP contribution in [-0.4, -0.2) is 20.8 Å². The fourth-order valence-electron chi connectivity index (χ4n) is 2.52. The highest BCUT2D eigenvalue weighted by atomic mass is 16.5. The molecular formula is C18H20N4O2. The number of hydrogen-bond donors (Lipinski definition) is 1. The van der Waals surface area contributed by atoms with Crippen LogP contribution in [0.5, 0.6) is 0 Å². The molecule has 1 aromatic carbocycles. The molecule has 0 radical (unpaired) electrons. The van der Waals surface area contributed by atoms with E-state index in [-0.39, 0.29) is 5.91 Å². The maximum absolute atomic E-state index is 12.1. The van der Waals surface area contributed by atoms with Crippen LogP contribution >= 0.6 is 0 Å². The average Bonchev–Trinajstić information content (AvgIpc) is 3.19. The van der Waals surface area contributed by atoms with Crippen molar-refractivity contribution in [3.05, 3.63) is 70.9 Å². The van der Waals surface area contributed by atoms with Gasteiger partial charge in [0.25, 0.3) is 0 Å². The first-order valence-corrected chi connectivity index (χ1v) is 7.85. The molecule has 6 nitrogen and oxygen atoms in total. The zero-order chi connectivity index (χ0) is 16.9. The van der Waals surface area contributed by atoms with E-state index in [2.05, 4.69) is 27.7 Å². The first-order chi connectivity index (χ1) is 11.6. The van der Waals surface area contributed by atoms with E-state index in [1.165, 1.54) is 5.56 Å². The van der Waals surface area contributed by atoms with Crippen LogP contribution in [-0.2, 0) is 24.3 Å². The lowest BCUT2D eigenvalue weighted by molar-refractivity contribution is -0.120. The highest BCUT2D eigenvalue weighted by Crippen LogP contribution is 2.13. The molecule has 0 atom stereocenters. The molecule has 0 saturated carbocycles. The zero-order valence-electron chi connectivity index (χ0n) is 13.8. The minimum Gasteiger partial charge on any atom is -0.361 e. The summed E-state index contributed by atoms with van der Waals surface area (Å²) in [5.41, 5.74) is 3.86. The normalized spacial score (nSPS) is 10.8. The van der Waals surface area contributed by atoms with Crippen molar-refractivity contribution in [2.24, 2.45) is 0 Å². The minimum atomic E-state index is -0.0370. The van der Waals surface area contributed by atoms with Crippen molar-refractivity contribution in [3.63, 3.8) is 0 Å². The van der Waals surface area contributed by atoms with Crippen LogP contribution in [0.3, 0.4) is 0 Å². The number of benzene rings is 1. The van der Waals surface area contributed by atoms with Crippen LogP contribution < -0.4 is 5.32 Å². The SMILES string of the molecule is Cc1noc(C)c1CC(=O)NCc1ccc(Cn2cccn2)cc1. The van der Waals surface area contributed by atoms with Crippen LogP contribution in [0, 0.1) is 13.8 Å². The van der Waals surface area contributed by atoms with E-state index in [1.807, 2.05) is 42.9 Å². The minimum absolute atomic E-state index is 0.0370. The van der Waals surface area contributed by atoms with E-state index in [4.69, 9.17) is 4.52 Å². The van der Waals surface area contributed by atoms with E-state index >= 15 is 0 Å². The van der Waals surface area contributed by atoms with Crippen molar-refractivity contribution in [3.8, 4) is 0 Å². The van der Waals surface area contributed by atoms with Crippen LogP contribution in [0.1, 0.15) is 28.1 Å². The number of amides is 1. The molecule has 0 fully saturated rings. The van der Waals surface area contributed by atoms with Gasteiger partial charge in [0.15, 0.2) is 0 Å². The lowest BCUT2D eigenvalue weighted by Gasteiger charge is -2.07. The van der Waals surface area contributed by atoms with E-state index in [0.29, 0.717) is 18.7 Å². The molecule has 0 aliphatic carbocycles. The number of aromatic nitrogens is 3. The number of aryl methyl sites for hydroxylation is 2. The van der Waals surface area contributed by atoms with Gasteiger partial charge in [-0.15, -0.1) is 0 Å². The molecule has 0 aliphatic rings. The summed E-state index contributed by atoms with van der Waals surface area (Å²) in [6, 6.07) is 10.1. The molecule has 3 rings (SSSR count). The van der Waals surface area contributed by atoms with Crippen molar-refractivity contribution in [1.29, 1.82) is 0 Å². The first-order valence-electron chi connectivity index (χ1n) is 7.85. The number of rotatable bonds is 6. The standard InChI is InChI=1S/C18H20N4O2/c1-13-17(14(2)24-21-13)10-18(23)19-11-15-4-6-16(7-5-15)12-22-9-3-8-20-22/h3-9H,10-12H2,1-2H3,(H,19,23). The highest BCUT2D eigenvalue weighted by Gasteiger charge is 2.13. The third-order valence-electron chi connectivity index (χ3n) is 3.93. The van der Waals surface area contributed by atoms with Crippen LogP contribution in [0.4, 0.5) is 0 Å². The molecule has 24 heavy (non-hydrogen) atoms. The Bertz CT molecular complexity index is 785. The van der Waals surface area contributed by atoms with Gasteiger partial charge >= 0.3 is 0 Å². The lowest BCUT2D eigenvalue weighted by atomic mass is 10.1. The number of nitrogens with one attached hydrogen (secondary N) is 1. The van der Waals surface area contributed by atoms with Crippen LogP contribution in [0.2, 0.25) is 0 Å². The third-order valence-corrected chi connectivity index (χ3v) is 3.93. The smallest absolute Gasteiger partial charge is 0.224 e. The van der Waals surface area contributed by atoms with Gasteiger partial charge in [-0.2, -0.15) is 5.10 Å². The van der Waals surface area contributed by atoms with E-state index in [9.17, 15) is 4.79 Å². The maximum Gasteiger partial charge on any atom is 0.224 e. The summed E-state index contributed by atoms with van der Waals surface area (Å²) in [7, 11) is 0. The molecule has 2 aromatic heterocycles. The first kappa shape index (κ1) is 16.0. The fourth-order valence-corrected chi connectivity index (χ4v) is 2.52. The Morgan fingerprint density at radius 3 is 2.58 bits per heavy atom. The molecule has 6 heteroatoms. The van der Waals surface area contributed by atoms with Gasteiger partial charge in [-0.1, -0.05) is 29.4 Å². The van der Waals surface area contributed by atoms with Crippen LogP contribution in [0.15, 0.2) is 47.2 Å². The van der Waals surface area contributed by atoms with Crippen molar-refractivity contribution in [1.82, 2.24) is 20.3 Å². The molecule has 0 unspecified atom stereocenters. The lowest BCUT2D eigenvalue weighted by Crippen LogP contribution is -2.24. The molecule has 124 valence electrons. The van der Waals surface area contributed by atoms with E-state index < -0.39 is 0 Å². The number of carbonyl (C=O) groups is 1. The topological polar surface area (TPSA) is 73.0 Å². The summed E-state index contributed by atoms with van der Waals surface area (Å²) in [5.74, 6) is 0.663. The van der Waals surface area contributed by atoms with Gasteiger partial charge in [0.2, 0.25) is 5.91 Å². The Kier molecular flexibility index (Phi) is 4.74. The molecule has 1 amide bonds. The fraction of sp³-hybridized carbons (Fsp3) is 0.278. The summed E-state index contributed by atoms with van der Waals surface area (Å²) in [4.78, 5) is 12.1. The van der Waals surface area contributed by atoms with Gasteiger partial charge in [-0.05, 0) is 31.0 Å². The average molecular weight is 324 g/mol. The highest BCUT2D eigenvalue weighted by molar-refractivity contribution is 5.78. The largest absolute Gasteiger partial charge is 0.361 e. The van der Waals surface area contributed by atoms with E-state index in [0.717, 1.165) is 23.4 Å². The quantitative estimate of drug-likeness (QED) is 0.755. The molecular weight excluding hydrogens is 304 g/mol. The predicted octanol–water partition coefficient (Wildman–Crippen LogP) is 2.40. The van der Waals surface area contributed by atoms with Gasteiger partial charge in [0.1, 0.15) is 5.76 Å². The van der Waals surface area contributed by atoms with Gasteiger partial charge in [0, 0.05) is 24.5 Å². The van der Waals surface area contributed by atoms with Crippen molar-refractivity contribution >= 4 is 5.91 Å². The summed E-state index contributed by atoms with van der Waals surface area (Å²) in [6.45, 7) is 4.91. The third kappa shape index (κ3) is 3.90. The van der Waals surface area contributed by atoms with Gasteiger partial charge in [-0.3, -0.25) is 9.48 Å². The monoisotopic (exact) mass is 324 g/mol. The summed E-state index contributed by atoms with van der Waals surface area (Å²) >= 11 is 0. The molecule has 2 heterocycles. The second kappa shape index (κ2) is 7.12.